The monoisotopic (exact) mass is 312 g/mol. The van der Waals surface area contributed by atoms with Crippen LogP contribution in [0, 0.1) is 0 Å². The molecule has 1 heterocycles. The van der Waals surface area contributed by atoms with Crippen LogP contribution in [0.5, 0.6) is 11.5 Å². The van der Waals surface area contributed by atoms with Crippen LogP contribution in [-0.4, -0.2) is 24.6 Å². The van der Waals surface area contributed by atoms with Crippen LogP contribution in [0.15, 0.2) is 48.8 Å². The van der Waals surface area contributed by atoms with Crippen LogP contribution in [0.3, 0.4) is 0 Å². The Morgan fingerprint density at radius 2 is 2.17 bits per heavy atom. The molecule has 2 rings (SSSR count). The summed E-state index contributed by atoms with van der Waals surface area (Å²) < 4.78 is 10.7. The van der Waals surface area contributed by atoms with Crippen LogP contribution in [0.1, 0.15) is 18.1 Å². The third-order valence-electron chi connectivity index (χ3n) is 3.10. The molecule has 0 saturated carbocycles. The molecular formula is C18H20N2O3. The molecule has 0 aliphatic carbocycles. The topological polar surface area (TPSA) is 60.5 Å². The third-order valence-corrected chi connectivity index (χ3v) is 3.10. The van der Waals surface area contributed by atoms with Crippen molar-refractivity contribution in [2.75, 3.05) is 13.7 Å². The van der Waals surface area contributed by atoms with Gasteiger partial charge in [0.1, 0.15) is 0 Å². The Hall–Kier alpha value is -2.82. The lowest BCUT2D eigenvalue weighted by Crippen LogP contribution is -2.20. The number of rotatable bonds is 7. The first kappa shape index (κ1) is 16.5. The molecule has 0 radical (unpaired) electrons. The lowest BCUT2D eigenvalue weighted by atomic mass is 10.2. The van der Waals surface area contributed by atoms with Crippen molar-refractivity contribution in [3.05, 3.63) is 59.9 Å². The van der Waals surface area contributed by atoms with E-state index in [1.807, 2.05) is 37.3 Å². The molecule has 0 spiro atoms. The highest BCUT2D eigenvalue weighted by atomic mass is 16.5. The van der Waals surface area contributed by atoms with Gasteiger partial charge in [-0.1, -0.05) is 12.1 Å². The number of carbonyl (C=O) groups is 1. The van der Waals surface area contributed by atoms with Crippen molar-refractivity contribution in [2.45, 2.75) is 13.5 Å². The van der Waals surface area contributed by atoms with Crippen molar-refractivity contribution >= 4 is 12.0 Å². The van der Waals surface area contributed by atoms with Gasteiger partial charge >= 0.3 is 0 Å². The smallest absolute Gasteiger partial charge is 0.244 e. The number of carbonyl (C=O) groups excluding carboxylic acids is 1. The van der Waals surface area contributed by atoms with Gasteiger partial charge in [-0.2, -0.15) is 0 Å². The van der Waals surface area contributed by atoms with E-state index < -0.39 is 0 Å². The fourth-order valence-corrected chi connectivity index (χ4v) is 1.99. The molecule has 1 aromatic heterocycles. The highest BCUT2D eigenvalue weighted by molar-refractivity contribution is 5.91. The molecule has 0 aliphatic rings. The summed E-state index contributed by atoms with van der Waals surface area (Å²) in [5.74, 6) is 1.17. The maximum absolute atomic E-state index is 11.8. The van der Waals surface area contributed by atoms with E-state index in [4.69, 9.17) is 9.47 Å². The van der Waals surface area contributed by atoms with Gasteiger partial charge in [-0.3, -0.25) is 9.78 Å². The second-order valence-corrected chi connectivity index (χ2v) is 4.76. The third kappa shape index (κ3) is 5.14. The minimum absolute atomic E-state index is 0.164. The number of amides is 1. The first-order valence-corrected chi connectivity index (χ1v) is 7.38. The predicted molar refractivity (Wildman–Crippen MR) is 89.3 cm³/mol. The molecule has 0 bridgehead atoms. The van der Waals surface area contributed by atoms with Crippen molar-refractivity contribution in [2.24, 2.45) is 0 Å². The molecule has 5 heteroatoms. The zero-order valence-electron chi connectivity index (χ0n) is 13.3. The Morgan fingerprint density at radius 1 is 1.30 bits per heavy atom. The summed E-state index contributed by atoms with van der Waals surface area (Å²) in [6, 6.07) is 9.27. The SMILES string of the molecule is CCOc1cc(/C=C/C(=O)NCc2cccnc2)ccc1OC. The molecule has 2 aromatic rings. The van der Waals surface area contributed by atoms with Crippen LogP contribution >= 0.6 is 0 Å². The molecule has 120 valence electrons. The molecule has 23 heavy (non-hydrogen) atoms. The maximum atomic E-state index is 11.8. The summed E-state index contributed by atoms with van der Waals surface area (Å²) in [6.07, 6.45) is 6.65. The van der Waals surface area contributed by atoms with E-state index in [0.29, 0.717) is 24.7 Å². The molecule has 1 aromatic carbocycles. The van der Waals surface area contributed by atoms with Crippen molar-refractivity contribution in [3.63, 3.8) is 0 Å². The summed E-state index contributed by atoms with van der Waals surface area (Å²) in [4.78, 5) is 15.9. The number of nitrogens with zero attached hydrogens (tertiary/aromatic N) is 1. The van der Waals surface area contributed by atoms with Gasteiger partial charge < -0.3 is 14.8 Å². The number of aromatic nitrogens is 1. The molecule has 0 fully saturated rings. The van der Waals surface area contributed by atoms with Gasteiger partial charge in [0, 0.05) is 25.0 Å². The highest BCUT2D eigenvalue weighted by Gasteiger charge is 2.04. The van der Waals surface area contributed by atoms with Gasteiger partial charge in [-0.25, -0.2) is 0 Å². The van der Waals surface area contributed by atoms with Gasteiger partial charge in [0.25, 0.3) is 0 Å². The summed E-state index contributed by atoms with van der Waals surface area (Å²) >= 11 is 0. The number of benzene rings is 1. The standard InChI is InChI=1S/C18H20N2O3/c1-3-23-17-11-14(6-8-16(17)22-2)7-9-18(21)20-13-15-5-4-10-19-12-15/h4-12H,3,13H2,1-2H3,(H,20,21)/b9-7+. The number of pyridine rings is 1. The van der Waals surface area contributed by atoms with Gasteiger partial charge in [0.2, 0.25) is 5.91 Å². The Morgan fingerprint density at radius 3 is 2.87 bits per heavy atom. The average Bonchev–Trinajstić information content (AvgIpc) is 2.59. The maximum Gasteiger partial charge on any atom is 0.244 e. The van der Waals surface area contributed by atoms with E-state index in [1.165, 1.54) is 6.08 Å². The summed E-state index contributed by atoms with van der Waals surface area (Å²) in [6.45, 7) is 2.91. The first-order chi connectivity index (χ1) is 11.2. The number of hydrogen-bond donors (Lipinski definition) is 1. The molecule has 1 N–H and O–H groups in total. The minimum atomic E-state index is -0.164. The molecule has 0 atom stereocenters. The fourth-order valence-electron chi connectivity index (χ4n) is 1.99. The van der Waals surface area contributed by atoms with Crippen LogP contribution in [-0.2, 0) is 11.3 Å². The van der Waals surface area contributed by atoms with Crippen molar-refractivity contribution in [1.82, 2.24) is 10.3 Å². The van der Waals surface area contributed by atoms with Gasteiger partial charge in [0.15, 0.2) is 11.5 Å². The van der Waals surface area contributed by atoms with E-state index in [0.717, 1.165) is 11.1 Å². The lowest BCUT2D eigenvalue weighted by molar-refractivity contribution is -0.116. The largest absolute Gasteiger partial charge is 0.493 e. The van der Waals surface area contributed by atoms with Crippen molar-refractivity contribution < 1.29 is 14.3 Å². The van der Waals surface area contributed by atoms with E-state index in [2.05, 4.69) is 10.3 Å². The zero-order valence-corrected chi connectivity index (χ0v) is 13.3. The molecule has 5 nitrogen and oxygen atoms in total. The first-order valence-electron chi connectivity index (χ1n) is 7.38. The van der Waals surface area contributed by atoms with Crippen LogP contribution < -0.4 is 14.8 Å². The van der Waals surface area contributed by atoms with E-state index in [1.54, 1.807) is 25.6 Å². The zero-order chi connectivity index (χ0) is 16.5. The highest BCUT2D eigenvalue weighted by Crippen LogP contribution is 2.28. The second-order valence-electron chi connectivity index (χ2n) is 4.76. The Kier molecular flexibility index (Phi) is 6.17. The van der Waals surface area contributed by atoms with Crippen LogP contribution in [0.4, 0.5) is 0 Å². The van der Waals surface area contributed by atoms with E-state index in [-0.39, 0.29) is 5.91 Å². The Bertz CT molecular complexity index is 669. The molecule has 0 saturated heterocycles. The quantitative estimate of drug-likeness (QED) is 0.799. The van der Waals surface area contributed by atoms with Crippen LogP contribution in [0.25, 0.3) is 6.08 Å². The number of nitrogens with one attached hydrogen (secondary N) is 1. The molecule has 1 amide bonds. The van der Waals surface area contributed by atoms with Gasteiger partial charge in [-0.05, 0) is 42.3 Å². The second kappa shape index (κ2) is 8.58. The average molecular weight is 312 g/mol. The summed E-state index contributed by atoms with van der Waals surface area (Å²) in [5, 5.41) is 2.81. The number of ether oxygens (including phenoxy) is 2. The van der Waals surface area contributed by atoms with Crippen molar-refractivity contribution in [3.8, 4) is 11.5 Å². The number of hydrogen-bond acceptors (Lipinski definition) is 4. The van der Waals surface area contributed by atoms with Crippen LogP contribution in [0.2, 0.25) is 0 Å². The number of methoxy groups -OCH3 is 1. The van der Waals surface area contributed by atoms with Crippen molar-refractivity contribution in [1.29, 1.82) is 0 Å². The Balaban J connectivity index is 1.96. The lowest BCUT2D eigenvalue weighted by Gasteiger charge is -2.09. The van der Waals surface area contributed by atoms with Gasteiger partial charge in [-0.15, -0.1) is 0 Å². The summed E-state index contributed by atoms with van der Waals surface area (Å²) in [7, 11) is 1.60. The molecule has 0 unspecified atom stereocenters. The minimum Gasteiger partial charge on any atom is -0.493 e. The van der Waals surface area contributed by atoms with E-state index in [9.17, 15) is 4.79 Å². The normalized spacial score (nSPS) is 10.5. The molecular weight excluding hydrogens is 292 g/mol. The Labute approximate surface area is 136 Å². The van der Waals surface area contributed by atoms with Gasteiger partial charge in [0.05, 0.1) is 13.7 Å². The summed E-state index contributed by atoms with van der Waals surface area (Å²) in [5.41, 5.74) is 1.82. The van der Waals surface area contributed by atoms with E-state index >= 15 is 0 Å². The predicted octanol–water partition coefficient (Wildman–Crippen LogP) is 2.82. The fraction of sp³-hybridized carbons (Fsp3) is 0.222. The molecule has 0 aliphatic heterocycles.